The quantitative estimate of drug-likeness (QED) is 0.147. The second-order valence-electron chi connectivity index (χ2n) is 3.53. The smallest absolute Gasteiger partial charge is 0.547 e. The van der Waals surface area contributed by atoms with Gasteiger partial charge in [0.2, 0.25) is 0 Å². The van der Waals surface area contributed by atoms with E-state index < -0.39 is 51.0 Å². The number of hydrogen-bond donors (Lipinski definition) is 8. The van der Waals surface area contributed by atoms with Crippen LogP contribution < -0.4 is 69.3 Å². The van der Waals surface area contributed by atoms with Gasteiger partial charge in [-0.1, -0.05) is 0 Å². The van der Waals surface area contributed by atoms with Crippen molar-refractivity contribution < 1.29 is 128 Å². The summed E-state index contributed by atoms with van der Waals surface area (Å²) in [4.78, 5) is 51.9. The van der Waals surface area contributed by atoms with Crippen molar-refractivity contribution in [3.8, 4) is 0 Å². The van der Waals surface area contributed by atoms with Crippen molar-refractivity contribution in [3.05, 3.63) is 0 Å². The molecular weight excluding hydrogens is 404 g/mol. The summed E-state index contributed by atoms with van der Waals surface area (Å²) >= 11 is 0. The SMILES string of the molecule is O=C([O-])C(O)C(O)P(=O)(O)O.O=C([O-])C(O)C(O)P(=O)(O)O.[Na+].[Na+]. The molecule has 0 fully saturated rings. The standard InChI is InChI=1S/2C3H7O7P.2Na/c2*4-1(2(5)6)3(7)11(8,9)10;;/h2*1,3-4,7H,(H,5,6)(H2,8,9,10);;/q;;2*+1/p-2. The predicted molar refractivity (Wildman–Crippen MR) is 58.1 cm³/mol. The van der Waals surface area contributed by atoms with Gasteiger partial charge in [-0.2, -0.15) is 0 Å². The van der Waals surface area contributed by atoms with Gasteiger partial charge in [0, 0.05) is 0 Å². The number of carbonyl (C=O) groups is 2. The van der Waals surface area contributed by atoms with Crippen molar-refractivity contribution in [1.82, 2.24) is 0 Å². The van der Waals surface area contributed by atoms with Gasteiger partial charge in [-0.3, -0.25) is 9.13 Å². The van der Waals surface area contributed by atoms with E-state index in [1.165, 1.54) is 0 Å². The molecule has 0 aliphatic rings. The Morgan fingerprint density at radius 1 is 0.667 bits per heavy atom. The molecule has 4 atom stereocenters. The monoisotopic (exact) mass is 416 g/mol. The van der Waals surface area contributed by atoms with Gasteiger partial charge >= 0.3 is 74.3 Å². The maximum absolute atomic E-state index is 10.1. The van der Waals surface area contributed by atoms with Gasteiger partial charge in [0.25, 0.3) is 0 Å². The first-order valence-electron chi connectivity index (χ1n) is 4.77. The molecule has 0 aliphatic heterocycles. The van der Waals surface area contributed by atoms with Gasteiger partial charge < -0.3 is 59.8 Å². The molecule has 132 valence electrons. The van der Waals surface area contributed by atoms with E-state index in [-0.39, 0.29) is 59.1 Å². The zero-order valence-corrected chi connectivity index (χ0v) is 18.0. The molecule has 0 aromatic carbocycles. The third-order valence-electron chi connectivity index (χ3n) is 1.74. The Kier molecular flexibility index (Phi) is 18.1. The van der Waals surface area contributed by atoms with E-state index in [4.69, 9.17) is 40.0 Å². The number of rotatable bonds is 6. The van der Waals surface area contributed by atoms with Gasteiger partial charge in [0.1, 0.15) is 12.2 Å². The minimum Gasteiger partial charge on any atom is -0.547 e. The first-order valence-corrected chi connectivity index (χ1v) is 8.14. The first-order chi connectivity index (χ1) is 9.53. The van der Waals surface area contributed by atoms with E-state index in [0.717, 1.165) is 0 Å². The largest absolute Gasteiger partial charge is 1.00 e. The summed E-state index contributed by atoms with van der Waals surface area (Å²) in [6, 6.07) is 0. The molecule has 0 bridgehead atoms. The van der Waals surface area contributed by atoms with Crippen LogP contribution in [0.1, 0.15) is 0 Å². The number of carboxylic acid groups (broad SMARTS) is 2. The summed E-state index contributed by atoms with van der Waals surface area (Å²) in [5.41, 5.74) is 0. The Labute approximate surface area is 178 Å². The van der Waals surface area contributed by atoms with Gasteiger partial charge in [0.05, 0.1) is 11.9 Å². The number of carboxylic acids is 2. The van der Waals surface area contributed by atoms with Crippen LogP contribution in [0, 0.1) is 0 Å². The molecular formula is C6H12Na2O14P2. The fourth-order valence-corrected chi connectivity index (χ4v) is 1.59. The maximum atomic E-state index is 10.1. The Morgan fingerprint density at radius 2 is 0.833 bits per heavy atom. The molecule has 24 heavy (non-hydrogen) atoms. The third-order valence-corrected chi connectivity index (χ3v) is 3.68. The van der Waals surface area contributed by atoms with Crippen molar-refractivity contribution in [2.45, 2.75) is 23.9 Å². The molecule has 0 aromatic rings. The topological polar surface area (TPSA) is 276 Å². The van der Waals surface area contributed by atoms with Crippen molar-refractivity contribution in [2.75, 3.05) is 0 Å². The second kappa shape index (κ2) is 13.3. The second-order valence-corrected chi connectivity index (χ2v) is 6.95. The van der Waals surface area contributed by atoms with E-state index in [1.807, 2.05) is 0 Å². The average Bonchev–Trinajstić information content (AvgIpc) is 2.33. The van der Waals surface area contributed by atoms with Gasteiger partial charge in [-0.15, -0.1) is 0 Å². The van der Waals surface area contributed by atoms with Crippen LogP contribution in [0.5, 0.6) is 0 Å². The summed E-state index contributed by atoms with van der Waals surface area (Å²) in [6.07, 6.45) is -5.15. The molecule has 0 rings (SSSR count). The van der Waals surface area contributed by atoms with Gasteiger partial charge in [-0.25, -0.2) is 0 Å². The minimum absolute atomic E-state index is 0. The minimum atomic E-state index is -4.98. The molecule has 0 saturated carbocycles. The number of aliphatic hydroxyl groups is 4. The zero-order valence-electron chi connectivity index (χ0n) is 12.2. The van der Waals surface area contributed by atoms with E-state index in [1.54, 1.807) is 0 Å². The molecule has 8 N–H and O–H groups in total. The van der Waals surface area contributed by atoms with Crippen LogP contribution in [0.25, 0.3) is 0 Å². The van der Waals surface area contributed by atoms with Crippen molar-refractivity contribution in [2.24, 2.45) is 0 Å². The number of aliphatic carboxylic acids is 2. The zero-order chi connectivity index (χ0) is 18.5. The van der Waals surface area contributed by atoms with Crippen LogP contribution in [-0.2, 0) is 18.7 Å². The van der Waals surface area contributed by atoms with Crippen LogP contribution in [0.4, 0.5) is 0 Å². The number of carbonyl (C=O) groups excluding carboxylic acids is 2. The molecule has 0 saturated heterocycles. The Morgan fingerprint density at radius 3 is 0.875 bits per heavy atom. The Balaban J connectivity index is -0.000000154. The normalized spacial score (nSPS) is 16.0. The Hall–Kier alpha value is 1.08. The molecule has 18 heteroatoms. The summed E-state index contributed by atoms with van der Waals surface area (Å²) in [7, 11) is -9.96. The summed E-state index contributed by atoms with van der Waals surface area (Å²) in [6.45, 7) is 0. The van der Waals surface area contributed by atoms with Crippen LogP contribution >= 0.6 is 15.2 Å². The van der Waals surface area contributed by atoms with Crippen LogP contribution in [0.3, 0.4) is 0 Å². The van der Waals surface area contributed by atoms with E-state index >= 15 is 0 Å². The first kappa shape index (κ1) is 32.7. The number of aliphatic hydroxyl groups excluding tert-OH is 4. The average molecular weight is 416 g/mol. The number of hydrogen-bond acceptors (Lipinski definition) is 10. The van der Waals surface area contributed by atoms with Crippen LogP contribution in [0.15, 0.2) is 0 Å². The summed E-state index contributed by atoms with van der Waals surface area (Å²) in [5, 5.41) is 52.9. The predicted octanol–water partition coefficient (Wildman–Crippen LogP) is -12.8. The molecule has 0 radical (unpaired) electrons. The van der Waals surface area contributed by atoms with Crippen LogP contribution in [0.2, 0.25) is 0 Å². The summed E-state index contributed by atoms with van der Waals surface area (Å²) < 4.78 is 20.1. The van der Waals surface area contributed by atoms with E-state index in [2.05, 4.69) is 0 Å². The molecule has 0 spiro atoms. The molecule has 0 amide bonds. The molecule has 0 aliphatic carbocycles. The van der Waals surface area contributed by atoms with Crippen molar-refractivity contribution >= 4 is 27.1 Å². The molecule has 14 nitrogen and oxygen atoms in total. The fraction of sp³-hybridized carbons (Fsp3) is 0.667. The van der Waals surface area contributed by atoms with E-state index in [0.29, 0.717) is 0 Å². The fourth-order valence-electron chi connectivity index (χ4n) is 0.611. The third kappa shape index (κ3) is 13.3. The summed E-state index contributed by atoms with van der Waals surface area (Å²) in [5.74, 6) is -9.54. The van der Waals surface area contributed by atoms with E-state index in [9.17, 15) is 28.9 Å². The van der Waals surface area contributed by atoms with Gasteiger partial charge in [0.15, 0.2) is 11.7 Å². The van der Waals surface area contributed by atoms with Crippen LogP contribution in [-0.4, -0.2) is 75.8 Å². The van der Waals surface area contributed by atoms with Crippen molar-refractivity contribution in [1.29, 1.82) is 0 Å². The van der Waals surface area contributed by atoms with Crippen molar-refractivity contribution in [3.63, 3.8) is 0 Å². The Bertz CT molecular complexity index is 442. The molecule has 0 heterocycles. The van der Waals surface area contributed by atoms with Gasteiger partial charge in [-0.05, 0) is 0 Å². The molecule has 0 aromatic heterocycles. The maximum Gasteiger partial charge on any atom is 1.00 e. The molecule has 4 unspecified atom stereocenters.